The summed E-state index contributed by atoms with van der Waals surface area (Å²) in [6, 6.07) is 3.24. The Bertz CT molecular complexity index is 1070. The molecule has 0 radical (unpaired) electrons. The number of rotatable bonds is 16. The smallest absolute Gasteiger partial charge is 0.458 e. The topological polar surface area (TPSA) is 159 Å². The average molecular weight is 612 g/mol. The zero-order valence-electron chi connectivity index (χ0n) is 27.0. The van der Waals surface area contributed by atoms with Gasteiger partial charge in [0.05, 0.1) is 6.61 Å². The Morgan fingerprint density at radius 1 is 0.767 bits per heavy atom. The van der Waals surface area contributed by atoms with Crippen LogP contribution < -0.4 is 15.2 Å². The highest BCUT2D eigenvalue weighted by molar-refractivity contribution is 5.76. The molecular weight excluding hydrogens is 562 g/mol. The third kappa shape index (κ3) is 14.5. The number of carbonyl (C=O) groups excluding carboxylic acids is 4. The maximum Gasteiger partial charge on any atom is 0.514 e. The van der Waals surface area contributed by atoms with Crippen molar-refractivity contribution in [2.75, 3.05) is 6.61 Å². The molecule has 12 nitrogen and oxygen atoms in total. The fourth-order valence-electron chi connectivity index (χ4n) is 3.15. The second kappa shape index (κ2) is 17.5. The van der Waals surface area contributed by atoms with Gasteiger partial charge in [0.2, 0.25) is 0 Å². The number of hydrogen-bond donors (Lipinski definition) is 1. The van der Waals surface area contributed by atoms with Gasteiger partial charge in [-0.05, 0) is 84.9 Å². The molecule has 1 aromatic carbocycles. The highest BCUT2D eigenvalue weighted by atomic mass is 16.8. The Kier molecular flexibility index (Phi) is 15.3. The van der Waals surface area contributed by atoms with Crippen LogP contribution in [0, 0.1) is 0 Å². The highest BCUT2D eigenvalue weighted by Crippen LogP contribution is 2.31. The molecule has 0 spiro atoms. The minimum Gasteiger partial charge on any atom is -0.458 e. The van der Waals surface area contributed by atoms with Crippen molar-refractivity contribution in [3.63, 3.8) is 0 Å². The number of esters is 1. The van der Waals surface area contributed by atoms with Crippen LogP contribution in [0.2, 0.25) is 0 Å². The first kappa shape index (κ1) is 37.5. The van der Waals surface area contributed by atoms with Crippen molar-refractivity contribution in [1.82, 2.24) is 0 Å². The van der Waals surface area contributed by atoms with Crippen LogP contribution >= 0.6 is 0 Å². The van der Waals surface area contributed by atoms with E-state index < -0.39 is 53.9 Å². The molecule has 0 aliphatic rings. The molecule has 3 atom stereocenters. The van der Waals surface area contributed by atoms with Crippen LogP contribution in [0.5, 0.6) is 11.5 Å². The number of hydrogen-bond acceptors (Lipinski definition) is 12. The van der Waals surface area contributed by atoms with Crippen molar-refractivity contribution >= 4 is 24.4 Å². The summed E-state index contributed by atoms with van der Waals surface area (Å²) in [7, 11) is 0. The van der Waals surface area contributed by atoms with Crippen molar-refractivity contribution in [1.29, 1.82) is 0 Å². The highest BCUT2D eigenvalue weighted by Gasteiger charge is 2.28. The van der Waals surface area contributed by atoms with Gasteiger partial charge < -0.3 is 38.9 Å². The molecule has 2 N–H and O–H groups in total. The van der Waals surface area contributed by atoms with Crippen LogP contribution in [-0.2, 0) is 34.9 Å². The van der Waals surface area contributed by atoms with Crippen LogP contribution in [-0.4, -0.2) is 60.5 Å². The summed E-state index contributed by atoms with van der Waals surface area (Å²) in [4.78, 5) is 49.5. The van der Waals surface area contributed by atoms with Crippen LogP contribution in [0.15, 0.2) is 18.2 Å². The standard InChI is InChI=1S/C31H49NO11/c1-10-13-14-17-37-27(34)39-21(5)20(4)38-26(33)23(32)18-22-15-16-24(40-28(35)42-30(6,7)11-2)25(19-22)41-29(36)43-31(8,9)12-3/h15-16,19-21,23H,10-14,17-18,32H2,1-9H3/t20-,21-,23-/m0/s1. The Balaban J connectivity index is 2.95. The maximum absolute atomic E-state index is 12.7. The molecule has 0 aromatic heterocycles. The number of nitrogens with two attached hydrogens (primary N) is 1. The van der Waals surface area contributed by atoms with Crippen molar-refractivity contribution in [3.8, 4) is 11.5 Å². The van der Waals surface area contributed by atoms with Crippen molar-refractivity contribution in [3.05, 3.63) is 23.8 Å². The lowest BCUT2D eigenvalue weighted by Gasteiger charge is -2.24. The zero-order valence-corrected chi connectivity index (χ0v) is 27.0. The minimum absolute atomic E-state index is 0.0142. The number of carbonyl (C=O) groups is 4. The van der Waals surface area contributed by atoms with Gasteiger partial charge in [-0.15, -0.1) is 0 Å². The summed E-state index contributed by atoms with van der Waals surface area (Å²) in [5.74, 6) is -0.963. The molecule has 0 amide bonds. The average Bonchev–Trinajstić information content (AvgIpc) is 2.91. The fourth-order valence-corrected chi connectivity index (χ4v) is 3.15. The second-order valence-corrected chi connectivity index (χ2v) is 11.5. The SMILES string of the molecule is CCCCCOC(=O)O[C@@H](C)[C@H](C)OC(=O)[C@@H](N)Cc1ccc(OC(=O)OC(C)(C)CC)c(OC(=O)OC(C)(C)CC)c1. The third-order valence-electron chi connectivity index (χ3n) is 6.79. The molecule has 0 saturated carbocycles. The van der Waals surface area contributed by atoms with E-state index in [0.717, 1.165) is 19.3 Å². The molecule has 0 heterocycles. The summed E-state index contributed by atoms with van der Waals surface area (Å²) < 4.78 is 37.0. The van der Waals surface area contributed by atoms with Crippen molar-refractivity contribution in [2.24, 2.45) is 5.73 Å². The molecule has 0 bridgehead atoms. The molecule has 1 aromatic rings. The van der Waals surface area contributed by atoms with Crippen LogP contribution in [0.4, 0.5) is 14.4 Å². The van der Waals surface area contributed by atoms with E-state index in [4.69, 9.17) is 38.9 Å². The first-order valence-electron chi connectivity index (χ1n) is 14.8. The van der Waals surface area contributed by atoms with Gasteiger partial charge in [0.15, 0.2) is 11.5 Å². The van der Waals surface area contributed by atoms with Gasteiger partial charge in [-0.1, -0.05) is 39.7 Å². The quantitative estimate of drug-likeness (QED) is 0.0921. The molecule has 43 heavy (non-hydrogen) atoms. The molecule has 244 valence electrons. The minimum atomic E-state index is -1.11. The molecule has 0 saturated heterocycles. The maximum atomic E-state index is 12.7. The summed E-state index contributed by atoms with van der Waals surface area (Å²) in [5.41, 5.74) is 5.01. The fraction of sp³-hybridized carbons (Fsp3) is 0.677. The van der Waals surface area contributed by atoms with Crippen molar-refractivity contribution in [2.45, 2.75) is 130 Å². The molecule has 12 heteroatoms. The van der Waals surface area contributed by atoms with Gasteiger partial charge in [0.1, 0.15) is 29.5 Å². The largest absolute Gasteiger partial charge is 0.514 e. The van der Waals surface area contributed by atoms with E-state index in [-0.39, 0.29) is 24.5 Å². The Morgan fingerprint density at radius 3 is 1.84 bits per heavy atom. The van der Waals surface area contributed by atoms with E-state index in [2.05, 4.69) is 0 Å². The van der Waals surface area contributed by atoms with E-state index in [0.29, 0.717) is 18.4 Å². The number of unbranched alkanes of at least 4 members (excludes halogenated alkanes) is 2. The van der Waals surface area contributed by atoms with E-state index in [1.165, 1.54) is 12.1 Å². The predicted octanol–water partition coefficient (Wildman–Crippen LogP) is 6.63. The van der Waals surface area contributed by atoms with Crippen LogP contribution in [0.25, 0.3) is 0 Å². The van der Waals surface area contributed by atoms with Gasteiger partial charge in [-0.3, -0.25) is 4.79 Å². The second-order valence-electron chi connectivity index (χ2n) is 11.5. The molecule has 1 rings (SSSR count). The lowest BCUT2D eigenvalue weighted by molar-refractivity contribution is -0.155. The molecular formula is C31H49NO11. The number of ether oxygens (including phenoxy) is 7. The molecule has 0 aliphatic carbocycles. The third-order valence-corrected chi connectivity index (χ3v) is 6.79. The monoisotopic (exact) mass is 611 g/mol. The summed E-state index contributed by atoms with van der Waals surface area (Å²) in [6.07, 6.45) is -0.686. The summed E-state index contributed by atoms with van der Waals surface area (Å²) in [6.45, 7) is 16.0. The van der Waals surface area contributed by atoms with Crippen LogP contribution in [0.1, 0.15) is 100.0 Å². The lowest BCUT2D eigenvalue weighted by Crippen LogP contribution is -2.39. The number of benzene rings is 1. The van der Waals surface area contributed by atoms with E-state index in [1.807, 2.05) is 20.8 Å². The van der Waals surface area contributed by atoms with Gasteiger partial charge in [0.25, 0.3) is 0 Å². The summed E-state index contributed by atoms with van der Waals surface area (Å²) >= 11 is 0. The van der Waals surface area contributed by atoms with E-state index in [1.54, 1.807) is 47.6 Å². The Labute approximate surface area is 254 Å². The summed E-state index contributed by atoms with van der Waals surface area (Å²) in [5, 5.41) is 0. The van der Waals surface area contributed by atoms with Gasteiger partial charge in [0, 0.05) is 0 Å². The lowest BCUT2D eigenvalue weighted by atomic mass is 10.1. The Morgan fingerprint density at radius 2 is 1.30 bits per heavy atom. The molecule has 0 unspecified atom stereocenters. The Hall–Kier alpha value is -3.54. The van der Waals surface area contributed by atoms with Gasteiger partial charge in [-0.25, -0.2) is 14.4 Å². The first-order valence-corrected chi connectivity index (χ1v) is 14.8. The van der Waals surface area contributed by atoms with Gasteiger partial charge in [-0.2, -0.15) is 0 Å². The van der Waals surface area contributed by atoms with Crippen molar-refractivity contribution < 1.29 is 52.3 Å². The van der Waals surface area contributed by atoms with E-state index in [9.17, 15) is 19.2 Å². The molecule has 0 fully saturated rings. The normalized spacial score (nSPS) is 13.6. The van der Waals surface area contributed by atoms with Crippen LogP contribution in [0.3, 0.4) is 0 Å². The van der Waals surface area contributed by atoms with E-state index >= 15 is 0 Å². The van der Waals surface area contributed by atoms with Gasteiger partial charge >= 0.3 is 24.4 Å². The predicted molar refractivity (Wildman–Crippen MR) is 158 cm³/mol. The molecule has 0 aliphatic heterocycles. The zero-order chi connectivity index (χ0) is 32.8. The first-order chi connectivity index (χ1) is 20.0.